The van der Waals surface area contributed by atoms with Gasteiger partial charge in [0.1, 0.15) is 12.3 Å². The van der Waals surface area contributed by atoms with Gasteiger partial charge in [-0.05, 0) is 81.0 Å². The minimum atomic E-state index is -0.308. The molecule has 1 N–H and O–H groups in total. The van der Waals surface area contributed by atoms with E-state index in [2.05, 4.69) is 34.8 Å². The van der Waals surface area contributed by atoms with Gasteiger partial charge < -0.3 is 24.3 Å². The molecule has 2 atom stereocenters. The molecule has 1 aromatic carbocycles. The zero-order chi connectivity index (χ0) is 23.5. The fourth-order valence-electron chi connectivity index (χ4n) is 4.48. The molecule has 33 heavy (non-hydrogen) atoms. The van der Waals surface area contributed by atoms with E-state index in [-0.39, 0.29) is 24.6 Å². The lowest BCUT2D eigenvalue weighted by molar-refractivity contribution is -0.143. The van der Waals surface area contributed by atoms with Crippen LogP contribution in [0, 0.1) is 13.8 Å². The Hall–Kier alpha value is -3.39. The fourth-order valence-corrected chi connectivity index (χ4v) is 4.78. The fraction of sp³-hybridized carbons (Fsp3) is 0.320. The Morgan fingerprint density at radius 1 is 1.18 bits per heavy atom. The van der Waals surface area contributed by atoms with Crippen molar-refractivity contribution >= 4 is 23.3 Å². The standard InChI is InChI=1S/C25H28N4O3S/c1-5-32-22(30)15-28-24(23(27-25(28)33)21-8-6-7-13-26-21)20-14-16(2)29(17(20)3)18-9-11-19(31-4)12-10-18/h6-14,23-24H,5,15H2,1-4H3,(H,27,33)/t23-,24-/m1/s1. The van der Waals surface area contributed by atoms with Gasteiger partial charge in [-0.1, -0.05) is 6.07 Å². The average molecular weight is 465 g/mol. The summed E-state index contributed by atoms with van der Waals surface area (Å²) in [6, 6.07) is 15.5. The number of ether oxygens (including phenoxy) is 2. The lowest BCUT2D eigenvalue weighted by Crippen LogP contribution is -2.35. The third-order valence-corrected chi connectivity index (χ3v) is 6.27. The van der Waals surface area contributed by atoms with Crippen LogP contribution in [-0.4, -0.2) is 45.8 Å². The predicted molar refractivity (Wildman–Crippen MR) is 131 cm³/mol. The predicted octanol–water partition coefficient (Wildman–Crippen LogP) is 4.03. The number of benzene rings is 1. The van der Waals surface area contributed by atoms with Gasteiger partial charge in [-0.15, -0.1) is 0 Å². The van der Waals surface area contributed by atoms with Gasteiger partial charge in [0.25, 0.3) is 0 Å². The lowest BCUT2D eigenvalue weighted by Gasteiger charge is -2.27. The number of nitrogens with zero attached hydrogens (tertiary/aromatic N) is 3. The van der Waals surface area contributed by atoms with Gasteiger partial charge in [-0.2, -0.15) is 0 Å². The molecule has 3 heterocycles. The van der Waals surface area contributed by atoms with Gasteiger partial charge in [-0.25, -0.2) is 0 Å². The van der Waals surface area contributed by atoms with Crippen LogP contribution in [0.5, 0.6) is 5.75 Å². The molecule has 7 nitrogen and oxygen atoms in total. The minimum Gasteiger partial charge on any atom is -0.497 e. The summed E-state index contributed by atoms with van der Waals surface area (Å²) in [5.74, 6) is 0.500. The van der Waals surface area contributed by atoms with Crippen molar-refractivity contribution in [3.63, 3.8) is 0 Å². The third kappa shape index (κ3) is 4.43. The summed E-state index contributed by atoms with van der Waals surface area (Å²) in [5.41, 5.74) is 5.14. The molecule has 0 unspecified atom stereocenters. The Labute approximate surface area is 199 Å². The Morgan fingerprint density at radius 3 is 2.58 bits per heavy atom. The van der Waals surface area contributed by atoms with Gasteiger partial charge in [0.2, 0.25) is 0 Å². The van der Waals surface area contributed by atoms with E-state index in [1.165, 1.54) is 0 Å². The van der Waals surface area contributed by atoms with Crippen molar-refractivity contribution in [1.82, 2.24) is 19.8 Å². The van der Waals surface area contributed by atoms with Crippen LogP contribution in [0.25, 0.3) is 5.69 Å². The number of methoxy groups -OCH3 is 1. The van der Waals surface area contributed by atoms with E-state index in [1.807, 2.05) is 47.4 Å². The van der Waals surface area contributed by atoms with Crippen molar-refractivity contribution in [2.75, 3.05) is 20.3 Å². The van der Waals surface area contributed by atoms with Crippen LogP contribution in [0.3, 0.4) is 0 Å². The van der Waals surface area contributed by atoms with Crippen molar-refractivity contribution in [2.24, 2.45) is 0 Å². The summed E-state index contributed by atoms with van der Waals surface area (Å²) in [5, 5.41) is 3.90. The van der Waals surface area contributed by atoms with E-state index in [1.54, 1.807) is 20.2 Å². The van der Waals surface area contributed by atoms with Crippen LogP contribution < -0.4 is 10.1 Å². The van der Waals surface area contributed by atoms with Gasteiger partial charge in [0.05, 0.1) is 31.5 Å². The molecule has 172 valence electrons. The molecule has 3 aromatic rings. The number of carbonyl (C=O) groups is 1. The topological polar surface area (TPSA) is 68.6 Å². The van der Waals surface area contributed by atoms with Crippen molar-refractivity contribution in [1.29, 1.82) is 0 Å². The van der Waals surface area contributed by atoms with E-state index in [4.69, 9.17) is 21.7 Å². The van der Waals surface area contributed by atoms with Crippen LogP contribution in [0.2, 0.25) is 0 Å². The second kappa shape index (κ2) is 9.62. The molecule has 0 aliphatic carbocycles. The largest absolute Gasteiger partial charge is 0.497 e. The zero-order valence-electron chi connectivity index (χ0n) is 19.2. The van der Waals surface area contributed by atoms with E-state index < -0.39 is 0 Å². The van der Waals surface area contributed by atoms with E-state index in [0.29, 0.717) is 11.7 Å². The number of hydrogen-bond donors (Lipinski definition) is 1. The number of carbonyl (C=O) groups excluding carboxylic acids is 1. The van der Waals surface area contributed by atoms with Gasteiger partial charge >= 0.3 is 5.97 Å². The summed E-state index contributed by atoms with van der Waals surface area (Å²) in [7, 11) is 1.66. The summed E-state index contributed by atoms with van der Waals surface area (Å²) < 4.78 is 12.7. The molecular weight excluding hydrogens is 436 g/mol. The molecule has 2 aromatic heterocycles. The van der Waals surface area contributed by atoms with Crippen molar-refractivity contribution < 1.29 is 14.3 Å². The van der Waals surface area contributed by atoms with Crippen molar-refractivity contribution in [3.8, 4) is 11.4 Å². The van der Waals surface area contributed by atoms with Crippen LogP contribution in [-0.2, 0) is 9.53 Å². The summed E-state index contributed by atoms with van der Waals surface area (Å²) >= 11 is 5.66. The first kappa shape index (κ1) is 22.8. The molecule has 0 spiro atoms. The summed E-state index contributed by atoms with van der Waals surface area (Å²) in [6.45, 7) is 6.36. The monoisotopic (exact) mass is 464 g/mol. The van der Waals surface area contributed by atoms with Crippen LogP contribution in [0.15, 0.2) is 54.7 Å². The maximum absolute atomic E-state index is 12.4. The molecule has 1 aliphatic heterocycles. The smallest absolute Gasteiger partial charge is 0.325 e. The van der Waals surface area contributed by atoms with Crippen LogP contribution >= 0.6 is 12.2 Å². The maximum Gasteiger partial charge on any atom is 0.325 e. The second-order valence-electron chi connectivity index (χ2n) is 7.92. The van der Waals surface area contributed by atoms with Gasteiger partial charge in [0, 0.05) is 23.3 Å². The highest BCUT2D eigenvalue weighted by Gasteiger charge is 2.42. The number of pyridine rings is 1. The molecule has 1 saturated heterocycles. The zero-order valence-corrected chi connectivity index (χ0v) is 20.1. The van der Waals surface area contributed by atoms with Crippen molar-refractivity contribution in [3.05, 3.63) is 77.4 Å². The molecule has 1 aliphatic rings. The highest BCUT2D eigenvalue weighted by Crippen LogP contribution is 2.41. The normalized spacial score (nSPS) is 17.7. The first-order valence-corrected chi connectivity index (χ1v) is 11.3. The Kier molecular flexibility index (Phi) is 6.65. The van der Waals surface area contributed by atoms with Crippen molar-refractivity contribution in [2.45, 2.75) is 32.9 Å². The number of aromatic nitrogens is 2. The molecule has 0 bridgehead atoms. The third-order valence-electron chi connectivity index (χ3n) is 5.92. The number of aryl methyl sites for hydroxylation is 1. The number of hydrogen-bond acceptors (Lipinski definition) is 5. The van der Waals surface area contributed by atoms with E-state index in [0.717, 1.165) is 34.1 Å². The van der Waals surface area contributed by atoms with Gasteiger partial charge in [0.15, 0.2) is 5.11 Å². The van der Waals surface area contributed by atoms with E-state index >= 15 is 0 Å². The van der Waals surface area contributed by atoms with Crippen LogP contribution in [0.4, 0.5) is 0 Å². The SMILES string of the molecule is CCOC(=O)CN1C(=S)N[C@H](c2ccccn2)[C@H]1c1cc(C)n(-c2ccc(OC)cc2)c1C. The Bertz CT molecular complexity index is 1140. The lowest BCUT2D eigenvalue weighted by atomic mass is 9.97. The minimum absolute atomic E-state index is 0.0693. The first-order valence-electron chi connectivity index (χ1n) is 10.9. The molecular formula is C25H28N4O3S. The molecule has 1 fully saturated rings. The van der Waals surface area contributed by atoms with Crippen LogP contribution in [0.1, 0.15) is 41.7 Å². The number of nitrogens with one attached hydrogen (secondary N) is 1. The van der Waals surface area contributed by atoms with Gasteiger partial charge in [-0.3, -0.25) is 9.78 Å². The molecule has 8 heteroatoms. The highest BCUT2D eigenvalue weighted by atomic mass is 32.1. The highest BCUT2D eigenvalue weighted by molar-refractivity contribution is 7.80. The number of esters is 1. The summed E-state index contributed by atoms with van der Waals surface area (Å²) in [6.07, 6.45) is 1.77. The Morgan fingerprint density at radius 2 is 1.94 bits per heavy atom. The second-order valence-corrected chi connectivity index (χ2v) is 8.31. The quantitative estimate of drug-likeness (QED) is 0.418. The molecule has 0 radical (unpaired) electrons. The molecule has 4 rings (SSSR count). The average Bonchev–Trinajstić information content (AvgIpc) is 3.29. The molecule has 0 saturated carbocycles. The summed E-state index contributed by atoms with van der Waals surface area (Å²) in [4.78, 5) is 18.9. The maximum atomic E-state index is 12.4. The number of rotatable bonds is 7. The molecule has 0 amide bonds. The first-order chi connectivity index (χ1) is 15.9. The van der Waals surface area contributed by atoms with E-state index in [9.17, 15) is 4.79 Å². The Balaban J connectivity index is 1.79. The number of thiocarbonyl (C=S) groups is 1.